The molecule has 2 rings (SSSR count). The molecule has 0 heterocycles. The molecule has 0 bridgehead atoms. The highest BCUT2D eigenvalue weighted by Gasteiger charge is 2.23. The van der Waals surface area contributed by atoms with E-state index >= 15 is 0 Å². The van der Waals surface area contributed by atoms with Crippen molar-refractivity contribution in [3.63, 3.8) is 0 Å². The minimum Gasteiger partial charge on any atom is -0.496 e. The molecule has 1 aromatic carbocycles. The Balaban J connectivity index is 2.02. The van der Waals surface area contributed by atoms with Crippen LogP contribution in [0.2, 0.25) is 0 Å². The lowest BCUT2D eigenvalue weighted by Gasteiger charge is -2.18. The molecule has 0 radical (unpaired) electrons. The van der Waals surface area contributed by atoms with Crippen molar-refractivity contribution >= 4 is 0 Å². The molecule has 0 amide bonds. The summed E-state index contributed by atoms with van der Waals surface area (Å²) >= 11 is 0. The summed E-state index contributed by atoms with van der Waals surface area (Å²) in [6.07, 6.45) is 4.63. The molecule has 18 heavy (non-hydrogen) atoms. The van der Waals surface area contributed by atoms with Crippen LogP contribution in [0.15, 0.2) is 18.2 Å². The molecule has 3 N–H and O–H groups in total. The first kappa shape index (κ1) is 13.4. The first-order chi connectivity index (χ1) is 8.74. The third-order valence-corrected chi connectivity index (χ3v) is 3.88. The van der Waals surface area contributed by atoms with Gasteiger partial charge in [0.05, 0.1) is 7.11 Å². The van der Waals surface area contributed by atoms with Crippen LogP contribution in [-0.4, -0.2) is 19.2 Å². The highest BCUT2D eigenvalue weighted by Crippen LogP contribution is 2.22. The fourth-order valence-electron chi connectivity index (χ4n) is 2.67. The van der Waals surface area contributed by atoms with E-state index in [1.54, 1.807) is 7.11 Å². The van der Waals surface area contributed by atoms with Crippen molar-refractivity contribution in [1.29, 1.82) is 0 Å². The summed E-state index contributed by atoms with van der Waals surface area (Å²) in [5, 5.41) is 3.57. The molecule has 1 aromatic rings. The predicted octanol–water partition coefficient (Wildman–Crippen LogP) is 2.23. The maximum atomic E-state index is 6.08. The van der Waals surface area contributed by atoms with E-state index in [-0.39, 0.29) is 0 Å². The Bertz CT molecular complexity index is 392. The van der Waals surface area contributed by atoms with Crippen LogP contribution in [-0.2, 0) is 13.0 Å². The van der Waals surface area contributed by atoms with E-state index in [1.807, 2.05) is 0 Å². The van der Waals surface area contributed by atoms with Gasteiger partial charge in [-0.15, -0.1) is 0 Å². The van der Waals surface area contributed by atoms with Gasteiger partial charge in [-0.3, -0.25) is 0 Å². The molecule has 1 fully saturated rings. The monoisotopic (exact) mass is 248 g/mol. The van der Waals surface area contributed by atoms with E-state index < -0.39 is 0 Å². The van der Waals surface area contributed by atoms with Crippen LogP contribution in [0.1, 0.15) is 37.3 Å². The molecule has 0 aromatic heterocycles. The van der Waals surface area contributed by atoms with Gasteiger partial charge < -0.3 is 15.8 Å². The first-order valence-electron chi connectivity index (χ1n) is 6.89. The van der Waals surface area contributed by atoms with Gasteiger partial charge in [0.15, 0.2) is 0 Å². The zero-order valence-corrected chi connectivity index (χ0v) is 11.4. The fraction of sp³-hybridized carbons (Fsp3) is 0.600. The molecule has 0 aliphatic heterocycles. The lowest BCUT2D eigenvalue weighted by atomic mass is 10.1. The molecular formula is C15H24N2O. The van der Waals surface area contributed by atoms with Crippen LogP contribution in [0.4, 0.5) is 0 Å². The molecule has 2 atom stereocenters. The summed E-state index contributed by atoms with van der Waals surface area (Å²) < 4.78 is 5.42. The van der Waals surface area contributed by atoms with Gasteiger partial charge in [-0.1, -0.05) is 25.5 Å². The standard InChI is InChI=1S/C15H24N2O/c1-3-11-7-8-15(18-2)12(9-11)10-17-14-6-4-5-13(14)16/h7-9,13-14,17H,3-6,10,16H2,1-2H3. The van der Waals surface area contributed by atoms with Gasteiger partial charge in [0.25, 0.3) is 0 Å². The smallest absolute Gasteiger partial charge is 0.123 e. The molecule has 0 saturated heterocycles. The molecule has 1 aliphatic carbocycles. The third kappa shape index (κ3) is 3.03. The Morgan fingerprint density at radius 3 is 2.83 bits per heavy atom. The highest BCUT2D eigenvalue weighted by atomic mass is 16.5. The molecule has 1 aliphatic rings. The Hall–Kier alpha value is -1.06. The van der Waals surface area contributed by atoms with Gasteiger partial charge in [0, 0.05) is 24.2 Å². The zero-order valence-electron chi connectivity index (χ0n) is 11.4. The average Bonchev–Trinajstić information content (AvgIpc) is 2.81. The second kappa shape index (κ2) is 6.21. The minimum atomic E-state index is 0.311. The van der Waals surface area contributed by atoms with Crippen LogP contribution < -0.4 is 15.8 Å². The van der Waals surface area contributed by atoms with Crippen LogP contribution in [0.3, 0.4) is 0 Å². The normalized spacial score (nSPS) is 23.3. The highest BCUT2D eigenvalue weighted by molar-refractivity contribution is 5.37. The molecule has 3 heteroatoms. The largest absolute Gasteiger partial charge is 0.496 e. The number of nitrogens with one attached hydrogen (secondary N) is 1. The zero-order chi connectivity index (χ0) is 13.0. The second-order valence-corrected chi connectivity index (χ2v) is 5.08. The van der Waals surface area contributed by atoms with Crippen LogP contribution in [0.25, 0.3) is 0 Å². The summed E-state index contributed by atoms with van der Waals surface area (Å²) in [6.45, 7) is 3.02. The van der Waals surface area contributed by atoms with E-state index in [9.17, 15) is 0 Å². The van der Waals surface area contributed by atoms with Gasteiger partial charge in [-0.2, -0.15) is 0 Å². The van der Waals surface area contributed by atoms with E-state index in [2.05, 4.69) is 30.4 Å². The van der Waals surface area contributed by atoms with Gasteiger partial charge in [0.1, 0.15) is 5.75 Å². The SMILES string of the molecule is CCc1ccc(OC)c(CNC2CCCC2N)c1. The van der Waals surface area contributed by atoms with Gasteiger partial charge in [-0.25, -0.2) is 0 Å². The number of methoxy groups -OCH3 is 1. The van der Waals surface area contributed by atoms with Crippen molar-refractivity contribution in [2.75, 3.05) is 7.11 Å². The number of nitrogens with two attached hydrogens (primary N) is 1. The van der Waals surface area contributed by atoms with Crippen molar-refractivity contribution in [2.24, 2.45) is 5.73 Å². The quantitative estimate of drug-likeness (QED) is 0.840. The number of ether oxygens (including phenoxy) is 1. The van der Waals surface area contributed by atoms with E-state index in [4.69, 9.17) is 10.5 Å². The second-order valence-electron chi connectivity index (χ2n) is 5.08. The molecule has 1 saturated carbocycles. The van der Waals surface area contributed by atoms with Crippen molar-refractivity contribution in [3.8, 4) is 5.75 Å². The number of rotatable bonds is 5. The van der Waals surface area contributed by atoms with Gasteiger partial charge >= 0.3 is 0 Å². The minimum absolute atomic E-state index is 0.311. The summed E-state index contributed by atoms with van der Waals surface area (Å²) in [4.78, 5) is 0. The maximum absolute atomic E-state index is 6.08. The van der Waals surface area contributed by atoms with Crippen molar-refractivity contribution < 1.29 is 4.74 Å². The Morgan fingerprint density at radius 2 is 2.22 bits per heavy atom. The molecule has 0 spiro atoms. The van der Waals surface area contributed by atoms with Crippen molar-refractivity contribution in [3.05, 3.63) is 29.3 Å². The summed E-state index contributed by atoms with van der Waals surface area (Å²) in [6, 6.07) is 7.19. The lowest BCUT2D eigenvalue weighted by molar-refractivity contribution is 0.402. The Labute approximate surface area is 110 Å². The van der Waals surface area contributed by atoms with E-state index in [0.29, 0.717) is 12.1 Å². The molecule has 2 unspecified atom stereocenters. The molecule has 3 nitrogen and oxygen atoms in total. The van der Waals surface area contributed by atoms with Gasteiger partial charge in [0.2, 0.25) is 0 Å². The first-order valence-corrected chi connectivity index (χ1v) is 6.89. The van der Waals surface area contributed by atoms with Gasteiger partial charge in [-0.05, 0) is 30.9 Å². The summed E-state index contributed by atoms with van der Waals surface area (Å²) in [7, 11) is 1.73. The number of benzene rings is 1. The van der Waals surface area contributed by atoms with Crippen molar-refractivity contribution in [1.82, 2.24) is 5.32 Å². The maximum Gasteiger partial charge on any atom is 0.123 e. The summed E-state index contributed by atoms with van der Waals surface area (Å²) in [5.74, 6) is 0.964. The Kier molecular flexibility index (Phi) is 4.61. The van der Waals surface area contributed by atoms with Crippen LogP contribution >= 0.6 is 0 Å². The molecular weight excluding hydrogens is 224 g/mol. The third-order valence-electron chi connectivity index (χ3n) is 3.88. The molecule has 100 valence electrons. The van der Waals surface area contributed by atoms with E-state index in [1.165, 1.54) is 24.0 Å². The van der Waals surface area contributed by atoms with Crippen LogP contribution in [0.5, 0.6) is 5.75 Å². The number of hydrogen-bond acceptors (Lipinski definition) is 3. The van der Waals surface area contributed by atoms with Crippen LogP contribution in [0, 0.1) is 0 Å². The Morgan fingerprint density at radius 1 is 1.39 bits per heavy atom. The van der Waals surface area contributed by atoms with Crippen molar-refractivity contribution in [2.45, 2.75) is 51.2 Å². The number of hydrogen-bond donors (Lipinski definition) is 2. The fourth-order valence-corrected chi connectivity index (χ4v) is 2.67. The average molecular weight is 248 g/mol. The predicted molar refractivity (Wildman–Crippen MR) is 74.8 cm³/mol. The lowest BCUT2D eigenvalue weighted by Crippen LogP contribution is -2.40. The topological polar surface area (TPSA) is 47.3 Å². The number of aryl methyl sites for hydroxylation is 1. The van der Waals surface area contributed by atoms with E-state index in [0.717, 1.165) is 25.1 Å². The summed E-state index contributed by atoms with van der Waals surface area (Å²) in [5.41, 5.74) is 8.66.